The van der Waals surface area contributed by atoms with Crippen LogP contribution in [0, 0.1) is 22.7 Å². The van der Waals surface area contributed by atoms with Gasteiger partial charge in [0.15, 0.2) is 5.78 Å². The van der Waals surface area contributed by atoms with Crippen molar-refractivity contribution in [1.82, 2.24) is 4.90 Å². The van der Waals surface area contributed by atoms with Gasteiger partial charge in [0.05, 0.1) is 0 Å². The quantitative estimate of drug-likeness (QED) is 0.749. The Morgan fingerprint density at radius 2 is 2.06 bits per heavy atom. The van der Waals surface area contributed by atoms with Crippen LogP contribution in [-0.2, 0) is 4.79 Å². The van der Waals surface area contributed by atoms with Crippen LogP contribution in [0.5, 0.6) is 0 Å². The van der Waals surface area contributed by atoms with Gasteiger partial charge in [-0.15, -0.1) is 0 Å². The lowest BCUT2D eigenvalue weighted by atomic mass is 9.47. The Balaban J connectivity index is 2.42. The summed E-state index contributed by atoms with van der Waals surface area (Å²) in [6.07, 6.45) is 7.81. The van der Waals surface area contributed by atoms with Crippen molar-refractivity contribution in [2.24, 2.45) is 22.7 Å². The molecule has 0 bridgehead atoms. The Kier molecular flexibility index (Phi) is 3.44. The van der Waals surface area contributed by atoms with Crippen LogP contribution in [-0.4, -0.2) is 31.3 Å². The van der Waals surface area contributed by atoms with Crippen LogP contribution in [0.25, 0.3) is 0 Å². The van der Waals surface area contributed by atoms with Crippen LogP contribution in [0.2, 0.25) is 0 Å². The maximum atomic E-state index is 12.3. The summed E-state index contributed by atoms with van der Waals surface area (Å²) < 4.78 is 0. The highest BCUT2D eigenvalue weighted by atomic mass is 16.1. The zero-order valence-corrected chi connectivity index (χ0v) is 12.5. The molecule has 0 heterocycles. The number of hydrogen-bond acceptors (Lipinski definition) is 2. The number of ketones is 1. The minimum atomic E-state index is 0.126. The predicted molar refractivity (Wildman–Crippen MR) is 75.4 cm³/mol. The van der Waals surface area contributed by atoms with E-state index in [0.717, 1.165) is 6.54 Å². The smallest absolute Gasteiger partial charge is 0.160 e. The Labute approximate surface area is 111 Å². The predicted octanol–water partition coefficient (Wildman–Crippen LogP) is 3.14. The highest BCUT2D eigenvalue weighted by Crippen LogP contribution is 2.60. The summed E-state index contributed by atoms with van der Waals surface area (Å²) in [6.45, 7) is 7.94. The van der Waals surface area contributed by atoms with Crippen LogP contribution < -0.4 is 0 Å². The van der Waals surface area contributed by atoms with Gasteiger partial charge in [-0.3, -0.25) is 4.79 Å². The average Bonchev–Trinajstić information content (AvgIpc) is 2.28. The zero-order valence-electron chi connectivity index (χ0n) is 12.5. The first-order valence-electron chi connectivity index (χ1n) is 7.19. The summed E-state index contributed by atoms with van der Waals surface area (Å²) in [4.78, 5) is 14.5. The van der Waals surface area contributed by atoms with Crippen molar-refractivity contribution in [2.75, 3.05) is 20.6 Å². The largest absolute Gasteiger partial charge is 0.309 e. The van der Waals surface area contributed by atoms with E-state index < -0.39 is 0 Å². The lowest BCUT2D eigenvalue weighted by molar-refractivity contribution is -0.133. The van der Waals surface area contributed by atoms with E-state index >= 15 is 0 Å². The first-order chi connectivity index (χ1) is 8.31. The molecule has 1 fully saturated rings. The van der Waals surface area contributed by atoms with Crippen LogP contribution in [0.3, 0.4) is 0 Å². The normalized spacial score (nSPS) is 44.2. The lowest BCUT2D eigenvalue weighted by Crippen LogP contribution is -2.55. The van der Waals surface area contributed by atoms with E-state index in [1.54, 1.807) is 0 Å². The fourth-order valence-corrected chi connectivity index (χ4v) is 4.15. The first kappa shape index (κ1) is 13.8. The summed E-state index contributed by atoms with van der Waals surface area (Å²) in [6, 6.07) is 0. The van der Waals surface area contributed by atoms with Crippen molar-refractivity contribution in [3.8, 4) is 0 Å². The van der Waals surface area contributed by atoms with E-state index in [1.807, 2.05) is 6.08 Å². The summed E-state index contributed by atoms with van der Waals surface area (Å²) in [5.41, 5.74) is 0.306. The molecule has 0 N–H and O–H groups in total. The van der Waals surface area contributed by atoms with E-state index in [4.69, 9.17) is 0 Å². The monoisotopic (exact) mass is 249 g/mol. The van der Waals surface area contributed by atoms with E-state index in [-0.39, 0.29) is 16.7 Å². The highest BCUT2D eigenvalue weighted by molar-refractivity contribution is 5.94. The Hall–Kier alpha value is -0.630. The molecule has 0 aromatic carbocycles. The molecule has 4 atom stereocenters. The van der Waals surface area contributed by atoms with E-state index in [0.29, 0.717) is 11.7 Å². The van der Waals surface area contributed by atoms with Crippen molar-refractivity contribution in [2.45, 2.75) is 40.0 Å². The van der Waals surface area contributed by atoms with Gasteiger partial charge in [0, 0.05) is 12.5 Å². The number of nitrogens with zero attached hydrogens (tertiary/aromatic N) is 1. The lowest BCUT2D eigenvalue weighted by Gasteiger charge is -2.57. The molecule has 0 aliphatic heterocycles. The van der Waals surface area contributed by atoms with Gasteiger partial charge in [-0.2, -0.15) is 0 Å². The Morgan fingerprint density at radius 3 is 2.67 bits per heavy atom. The Morgan fingerprint density at radius 1 is 1.39 bits per heavy atom. The topological polar surface area (TPSA) is 20.3 Å². The Bertz CT molecular complexity index is 373. The van der Waals surface area contributed by atoms with Crippen LogP contribution in [0.15, 0.2) is 12.2 Å². The van der Waals surface area contributed by atoms with E-state index in [2.05, 4.69) is 45.8 Å². The van der Waals surface area contributed by atoms with Crippen molar-refractivity contribution < 1.29 is 4.79 Å². The second-order valence-corrected chi connectivity index (χ2v) is 7.04. The van der Waals surface area contributed by atoms with Crippen molar-refractivity contribution in [1.29, 1.82) is 0 Å². The molecular weight excluding hydrogens is 222 g/mol. The summed E-state index contributed by atoms with van der Waals surface area (Å²) >= 11 is 0. The van der Waals surface area contributed by atoms with Gasteiger partial charge in [-0.1, -0.05) is 33.3 Å². The van der Waals surface area contributed by atoms with Gasteiger partial charge in [-0.05, 0) is 49.8 Å². The summed E-state index contributed by atoms with van der Waals surface area (Å²) in [5.74, 6) is 1.16. The molecule has 0 aromatic heterocycles. The standard InChI is InChI=1S/C16H27NO/c1-12-7-6-9-16(3)13(11-17(4)5)14(18)8-10-15(12,16)2/h8,10,12-13H,6-7,9,11H2,1-5H3/t12-,13?,15+,16+/m1/s1. The molecular formula is C16H27NO. The second-order valence-electron chi connectivity index (χ2n) is 7.04. The molecule has 102 valence electrons. The van der Waals surface area contributed by atoms with Gasteiger partial charge in [0.2, 0.25) is 0 Å². The van der Waals surface area contributed by atoms with E-state index in [1.165, 1.54) is 19.3 Å². The van der Waals surface area contributed by atoms with Gasteiger partial charge < -0.3 is 4.90 Å². The van der Waals surface area contributed by atoms with Gasteiger partial charge in [-0.25, -0.2) is 0 Å². The maximum absolute atomic E-state index is 12.3. The number of carbonyl (C=O) groups excluding carboxylic acids is 1. The molecule has 2 aliphatic carbocycles. The highest BCUT2D eigenvalue weighted by Gasteiger charge is 2.56. The molecule has 1 unspecified atom stereocenters. The molecule has 0 aromatic rings. The van der Waals surface area contributed by atoms with Gasteiger partial charge in [0.25, 0.3) is 0 Å². The number of fused-ring (bicyclic) bond motifs is 1. The third-order valence-corrected chi connectivity index (χ3v) is 5.84. The van der Waals surface area contributed by atoms with Crippen molar-refractivity contribution >= 4 is 5.78 Å². The SMILES string of the molecule is C[C@@H]1CCC[C@@]2(C)C(CN(C)C)C(=O)C=C[C@@]12C. The third kappa shape index (κ3) is 1.85. The van der Waals surface area contributed by atoms with Crippen LogP contribution in [0.1, 0.15) is 40.0 Å². The number of allylic oxidation sites excluding steroid dienone is 2. The minimum absolute atomic E-state index is 0.126. The number of carbonyl (C=O) groups is 1. The van der Waals surface area contributed by atoms with Crippen LogP contribution >= 0.6 is 0 Å². The maximum Gasteiger partial charge on any atom is 0.160 e. The van der Waals surface area contributed by atoms with Crippen molar-refractivity contribution in [3.63, 3.8) is 0 Å². The minimum Gasteiger partial charge on any atom is -0.309 e. The van der Waals surface area contributed by atoms with Gasteiger partial charge >= 0.3 is 0 Å². The second kappa shape index (κ2) is 4.48. The molecule has 2 aliphatic rings. The molecule has 18 heavy (non-hydrogen) atoms. The summed E-state index contributed by atoms with van der Waals surface area (Å²) in [7, 11) is 4.14. The molecule has 0 spiro atoms. The average molecular weight is 249 g/mol. The molecule has 2 nitrogen and oxygen atoms in total. The fraction of sp³-hybridized carbons (Fsp3) is 0.812. The molecule has 1 saturated carbocycles. The zero-order chi connectivity index (χ0) is 13.6. The molecule has 0 amide bonds. The molecule has 0 saturated heterocycles. The number of rotatable bonds is 2. The van der Waals surface area contributed by atoms with Gasteiger partial charge in [0.1, 0.15) is 0 Å². The van der Waals surface area contributed by atoms with Crippen molar-refractivity contribution in [3.05, 3.63) is 12.2 Å². The number of hydrogen-bond donors (Lipinski definition) is 0. The van der Waals surface area contributed by atoms with E-state index in [9.17, 15) is 4.79 Å². The first-order valence-corrected chi connectivity index (χ1v) is 7.19. The summed E-state index contributed by atoms with van der Waals surface area (Å²) in [5, 5.41) is 0. The fourth-order valence-electron chi connectivity index (χ4n) is 4.15. The molecule has 0 radical (unpaired) electrons. The van der Waals surface area contributed by atoms with Crippen LogP contribution in [0.4, 0.5) is 0 Å². The molecule has 2 rings (SSSR count). The molecule has 2 heteroatoms. The third-order valence-electron chi connectivity index (χ3n) is 5.84.